The lowest BCUT2D eigenvalue weighted by atomic mass is 9.95. The zero-order valence-corrected chi connectivity index (χ0v) is 19.0. The summed E-state index contributed by atoms with van der Waals surface area (Å²) in [6, 6.07) is 15.9. The number of amides is 3. The summed E-state index contributed by atoms with van der Waals surface area (Å²) in [7, 11) is 0. The number of nitrogens with one attached hydrogen (secondary N) is 2. The quantitative estimate of drug-likeness (QED) is 0.731. The van der Waals surface area contributed by atoms with Crippen LogP contribution in [0.5, 0.6) is 0 Å². The molecule has 2 aliphatic heterocycles. The Hall–Kier alpha value is -2.93. The fourth-order valence-electron chi connectivity index (χ4n) is 4.78. The minimum Gasteiger partial charge on any atom is -0.336 e. The Kier molecular flexibility index (Phi) is 6.74. The van der Waals surface area contributed by atoms with Crippen molar-refractivity contribution < 1.29 is 9.59 Å². The third-order valence-corrected chi connectivity index (χ3v) is 6.41. The second-order valence-electron chi connectivity index (χ2n) is 9.07. The van der Waals surface area contributed by atoms with Gasteiger partial charge in [0.2, 0.25) is 5.91 Å². The maximum atomic E-state index is 13.5. The first-order valence-electron chi connectivity index (χ1n) is 11.6. The van der Waals surface area contributed by atoms with Gasteiger partial charge in [-0.3, -0.25) is 15.1 Å². The summed E-state index contributed by atoms with van der Waals surface area (Å²) < 4.78 is 0. The highest BCUT2D eigenvalue weighted by molar-refractivity contribution is 5.85. The van der Waals surface area contributed by atoms with E-state index in [4.69, 9.17) is 0 Å². The molecule has 2 saturated heterocycles. The molecule has 0 radical (unpaired) electrons. The van der Waals surface area contributed by atoms with Crippen molar-refractivity contribution in [3.8, 4) is 0 Å². The highest BCUT2D eigenvalue weighted by Crippen LogP contribution is 2.33. The van der Waals surface area contributed by atoms with Gasteiger partial charge in [-0.15, -0.1) is 0 Å². The number of pyridine rings is 1. The van der Waals surface area contributed by atoms with Crippen LogP contribution < -0.4 is 10.6 Å². The second-order valence-corrected chi connectivity index (χ2v) is 9.07. The SMILES string of the molecule is CC(C)NC(=O)N1CCC2(CC1)N[C@H](Cc1ccccc1)C(=O)N2CCc1ccccn1. The zero-order chi connectivity index (χ0) is 22.6. The summed E-state index contributed by atoms with van der Waals surface area (Å²) in [5, 5.41) is 6.67. The molecule has 7 nitrogen and oxygen atoms in total. The number of likely N-dealkylation sites (tertiary alicyclic amines) is 1. The van der Waals surface area contributed by atoms with Gasteiger partial charge >= 0.3 is 6.03 Å². The van der Waals surface area contributed by atoms with Crippen molar-refractivity contribution in [2.45, 2.75) is 57.3 Å². The van der Waals surface area contributed by atoms with Crippen molar-refractivity contribution in [3.05, 3.63) is 66.0 Å². The van der Waals surface area contributed by atoms with Gasteiger partial charge in [0.25, 0.3) is 0 Å². The minimum absolute atomic E-state index is 0.0277. The molecule has 4 rings (SSSR count). The fraction of sp³-hybridized carbons (Fsp3) is 0.480. The smallest absolute Gasteiger partial charge is 0.317 e. The Morgan fingerprint density at radius 2 is 1.88 bits per heavy atom. The lowest BCUT2D eigenvalue weighted by Crippen LogP contribution is -2.61. The van der Waals surface area contributed by atoms with Gasteiger partial charge < -0.3 is 15.1 Å². The first-order valence-corrected chi connectivity index (χ1v) is 11.6. The van der Waals surface area contributed by atoms with E-state index in [0.717, 1.165) is 24.1 Å². The lowest BCUT2D eigenvalue weighted by Gasteiger charge is -2.44. The van der Waals surface area contributed by atoms with Gasteiger partial charge in [-0.2, -0.15) is 0 Å². The summed E-state index contributed by atoms with van der Waals surface area (Å²) in [5.41, 5.74) is 1.71. The van der Waals surface area contributed by atoms with E-state index in [-0.39, 0.29) is 24.0 Å². The maximum Gasteiger partial charge on any atom is 0.317 e. The van der Waals surface area contributed by atoms with Crippen molar-refractivity contribution in [2.24, 2.45) is 0 Å². The Bertz CT molecular complexity index is 910. The van der Waals surface area contributed by atoms with Crippen LogP contribution in [0.3, 0.4) is 0 Å². The molecular formula is C25H33N5O2. The van der Waals surface area contributed by atoms with Crippen LogP contribution in [0.1, 0.15) is 37.9 Å². The molecular weight excluding hydrogens is 402 g/mol. The lowest BCUT2D eigenvalue weighted by molar-refractivity contribution is -0.133. The van der Waals surface area contributed by atoms with Crippen LogP contribution in [0, 0.1) is 0 Å². The molecule has 1 aromatic heterocycles. The van der Waals surface area contributed by atoms with Gasteiger partial charge in [0.15, 0.2) is 0 Å². The topological polar surface area (TPSA) is 77.6 Å². The predicted octanol–water partition coefficient (Wildman–Crippen LogP) is 2.58. The second kappa shape index (κ2) is 9.69. The average Bonchev–Trinajstić information content (AvgIpc) is 3.04. The molecule has 0 aliphatic carbocycles. The van der Waals surface area contributed by atoms with Gasteiger partial charge in [-0.1, -0.05) is 36.4 Å². The van der Waals surface area contributed by atoms with Crippen LogP contribution in [-0.2, 0) is 17.6 Å². The van der Waals surface area contributed by atoms with E-state index in [1.165, 1.54) is 0 Å². The number of aromatic nitrogens is 1. The predicted molar refractivity (Wildman–Crippen MR) is 124 cm³/mol. The molecule has 32 heavy (non-hydrogen) atoms. The van der Waals surface area contributed by atoms with E-state index in [2.05, 4.69) is 27.8 Å². The Morgan fingerprint density at radius 1 is 1.16 bits per heavy atom. The molecule has 170 valence electrons. The number of nitrogens with zero attached hydrogens (tertiary/aromatic N) is 3. The van der Waals surface area contributed by atoms with E-state index < -0.39 is 5.66 Å². The summed E-state index contributed by atoms with van der Waals surface area (Å²) >= 11 is 0. The molecule has 1 aromatic carbocycles. The monoisotopic (exact) mass is 435 g/mol. The van der Waals surface area contributed by atoms with Crippen molar-refractivity contribution in [1.82, 2.24) is 25.4 Å². The van der Waals surface area contributed by atoms with E-state index in [1.807, 2.05) is 60.0 Å². The molecule has 0 saturated carbocycles. The Balaban J connectivity index is 1.49. The van der Waals surface area contributed by atoms with E-state index in [1.54, 1.807) is 6.20 Å². The summed E-state index contributed by atoms with van der Waals surface area (Å²) in [6.07, 6.45) is 4.61. The number of rotatable bonds is 6. The number of hydrogen-bond acceptors (Lipinski definition) is 4. The van der Waals surface area contributed by atoms with Gasteiger partial charge in [-0.25, -0.2) is 4.79 Å². The first kappa shape index (κ1) is 22.3. The van der Waals surface area contributed by atoms with Crippen LogP contribution >= 0.6 is 0 Å². The average molecular weight is 436 g/mol. The van der Waals surface area contributed by atoms with Gasteiger partial charge in [0, 0.05) is 56.8 Å². The number of carbonyl (C=O) groups is 2. The number of piperidine rings is 1. The zero-order valence-electron chi connectivity index (χ0n) is 19.0. The van der Waals surface area contributed by atoms with Crippen molar-refractivity contribution in [1.29, 1.82) is 0 Å². The molecule has 2 N–H and O–H groups in total. The molecule has 7 heteroatoms. The van der Waals surface area contributed by atoms with E-state index >= 15 is 0 Å². The normalized spacial score (nSPS) is 20.2. The molecule has 2 aromatic rings. The summed E-state index contributed by atoms with van der Waals surface area (Å²) in [4.78, 5) is 34.3. The van der Waals surface area contributed by atoms with Gasteiger partial charge in [0.1, 0.15) is 0 Å². The largest absolute Gasteiger partial charge is 0.336 e. The van der Waals surface area contributed by atoms with Crippen LogP contribution in [0.2, 0.25) is 0 Å². The first-order chi connectivity index (χ1) is 15.5. The van der Waals surface area contributed by atoms with Crippen molar-refractivity contribution >= 4 is 11.9 Å². The van der Waals surface area contributed by atoms with Gasteiger partial charge in [-0.05, 0) is 38.0 Å². The Morgan fingerprint density at radius 3 is 2.53 bits per heavy atom. The molecule has 3 amide bonds. The molecule has 2 fully saturated rings. The maximum absolute atomic E-state index is 13.5. The fourth-order valence-corrected chi connectivity index (χ4v) is 4.78. The highest BCUT2D eigenvalue weighted by atomic mass is 16.2. The summed E-state index contributed by atoms with van der Waals surface area (Å²) in [5.74, 6) is 0.143. The third-order valence-electron chi connectivity index (χ3n) is 6.41. The molecule has 1 atom stereocenters. The molecule has 0 unspecified atom stereocenters. The van der Waals surface area contributed by atoms with Gasteiger partial charge in [0.05, 0.1) is 11.7 Å². The minimum atomic E-state index is -0.417. The molecule has 2 aliphatic rings. The van der Waals surface area contributed by atoms with E-state index in [0.29, 0.717) is 32.5 Å². The Labute approximate surface area is 190 Å². The van der Waals surface area contributed by atoms with Crippen molar-refractivity contribution in [3.63, 3.8) is 0 Å². The third kappa shape index (κ3) is 4.93. The van der Waals surface area contributed by atoms with Crippen LogP contribution in [0.25, 0.3) is 0 Å². The highest BCUT2D eigenvalue weighted by Gasteiger charge is 2.51. The number of carbonyl (C=O) groups excluding carboxylic acids is 2. The molecule has 3 heterocycles. The van der Waals surface area contributed by atoms with Crippen LogP contribution in [0.4, 0.5) is 4.79 Å². The number of hydrogen-bond donors (Lipinski definition) is 2. The van der Waals surface area contributed by atoms with E-state index in [9.17, 15) is 9.59 Å². The van der Waals surface area contributed by atoms with Crippen LogP contribution in [0.15, 0.2) is 54.7 Å². The molecule has 1 spiro atoms. The number of urea groups is 1. The number of benzene rings is 1. The summed E-state index contributed by atoms with van der Waals surface area (Å²) in [6.45, 7) is 5.79. The molecule has 0 bridgehead atoms. The van der Waals surface area contributed by atoms with Crippen molar-refractivity contribution in [2.75, 3.05) is 19.6 Å². The standard InChI is InChI=1S/C25H33N5O2/c1-19(2)27-24(32)29-16-12-25(13-17-29)28-22(18-20-8-4-3-5-9-20)23(31)30(25)15-11-21-10-6-7-14-26-21/h3-10,14,19,22,28H,11-13,15-18H2,1-2H3,(H,27,32)/t22-/m1/s1. The van der Waals surface area contributed by atoms with Crippen LogP contribution in [-0.4, -0.2) is 64.1 Å².